The summed E-state index contributed by atoms with van der Waals surface area (Å²) in [5, 5.41) is 3.49. The molecule has 41 heavy (non-hydrogen) atoms. The molecule has 1 N–H and O–H groups in total. The van der Waals surface area contributed by atoms with Crippen molar-refractivity contribution in [2.24, 2.45) is 0 Å². The van der Waals surface area contributed by atoms with Gasteiger partial charge >= 0.3 is 0 Å². The Kier molecular flexibility index (Phi) is 7.14. The SMILES string of the molecule is O=C1CN(S(=O)(=O)c2ccccn2)CCCC1NC(=O)C1Cc2ccccc2CN1C(=O)c1cc2ccccc2o1. The van der Waals surface area contributed by atoms with Crippen LogP contribution < -0.4 is 5.32 Å². The van der Waals surface area contributed by atoms with Gasteiger partial charge in [-0.05, 0) is 48.2 Å². The molecule has 4 aromatic rings. The lowest BCUT2D eigenvalue weighted by atomic mass is 9.92. The van der Waals surface area contributed by atoms with Crippen molar-refractivity contribution >= 4 is 38.6 Å². The summed E-state index contributed by atoms with van der Waals surface area (Å²) in [5.74, 6) is -1.18. The van der Waals surface area contributed by atoms with Crippen molar-refractivity contribution in [2.75, 3.05) is 13.1 Å². The summed E-state index contributed by atoms with van der Waals surface area (Å²) in [4.78, 5) is 46.1. The molecule has 6 rings (SSSR count). The number of nitrogens with one attached hydrogen (secondary N) is 1. The maximum absolute atomic E-state index is 13.7. The van der Waals surface area contributed by atoms with E-state index in [4.69, 9.17) is 4.42 Å². The lowest BCUT2D eigenvalue weighted by Gasteiger charge is -2.36. The van der Waals surface area contributed by atoms with Crippen LogP contribution in [-0.2, 0) is 32.6 Å². The number of Topliss-reactive ketones (excluding diaryl/α,β-unsaturated/α-hetero) is 1. The van der Waals surface area contributed by atoms with Crippen LogP contribution in [-0.4, -0.2) is 65.4 Å². The molecule has 210 valence electrons. The number of benzene rings is 2. The lowest BCUT2D eigenvalue weighted by Crippen LogP contribution is -2.55. The number of carbonyl (C=O) groups excluding carboxylic acids is 3. The second-order valence-electron chi connectivity index (χ2n) is 10.2. The third-order valence-corrected chi connectivity index (χ3v) is 9.39. The van der Waals surface area contributed by atoms with Crippen molar-refractivity contribution < 1.29 is 27.2 Å². The zero-order valence-corrected chi connectivity index (χ0v) is 22.9. The topological polar surface area (TPSA) is 130 Å². The van der Waals surface area contributed by atoms with E-state index in [9.17, 15) is 22.8 Å². The van der Waals surface area contributed by atoms with Crippen molar-refractivity contribution in [3.63, 3.8) is 0 Å². The molecule has 1 saturated heterocycles. The van der Waals surface area contributed by atoms with Gasteiger partial charge in [0.2, 0.25) is 5.91 Å². The highest BCUT2D eigenvalue weighted by molar-refractivity contribution is 7.89. The molecular weight excluding hydrogens is 544 g/mol. The van der Waals surface area contributed by atoms with Crippen LogP contribution in [0.1, 0.15) is 34.5 Å². The van der Waals surface area contributed by atoms with Crippen LogP contribution in [0.4, 0.5) is 0 Å². The molecule has 1 fully saturated rings. The largest absolute Gasteiger partial charge is 0.451 e. The minimum atomic E-state index is -3.96. The van der Waals surface area contributed by atoms with Crippen LogP contribution in [0.25, 0.3) is 11.0 Å². The Morgan fingerprint density at radius 1 is 0.951 bits per heavy atom. The van der Waals surface area contributed by atoms with Gasteiger partial charge in [-0.25, -0.2) is 13.4 Å². The Bertz CT molecular complexity index is 1700. The first-order valence-corrected chi connectivity index (χ1v) is 14.9. The van der Waals surface area contributed by atoms with Gasteiger partial charge in [-0.1, -0.05) is 48.5 Å². The Balaban J connectivity index is 1.22. The summed E-state index contributed by atoms with van der Waals surface area (Å²) in [6.07, 6.45) is 2.31. The van der Waals surface area contributed by atoms with Crippen molar-refractivity contribution in [2.45, 2.75) is 42.9 Å². The number of hydrogen-bond donors (Lipinski definition) is 1. The number of fused-ring (bicyclic) bond motifs is 2. The number of aromatic nitrogens is 1. The molecule has 10 nitrogen and oxygen atoms in total. The highest BCUT2D eigenvalue weighted by Gasteiger charge is 2.39. The fourth-order valence-corrected chi connectivity index (χ4v) is 6.83. The summed E-state index contributed by atoms with van der Waals surface area (Å²) in [6.45, 7) is -0.0394. The first kappa shape index (κ1) is 26.9. The van der Waals surface area contributed by atoms with Gasteiger partial charge in [0.05, 0.1) is 12.6 Å². The summed E-state index contributed by atoms with van der Waals surface area (Å²) in [7, 11) is -3.96. The van der Waals surface area contributed by atoms with Gasteiger partial charge < -0.3 is 14.6 Å². The van der Waals surface area contributed by atoms with Crippen LogP contribution in [0.3, 0.4) is 0 Å². The number of furan rings is 1. The Hall–Kier alpha value is -4.35. The van der Waals surface area contributed by atoms with E-state index in [1.807, 2.05) is 42.5 Å². The predicted octanol–water partition coefficient (Wildman–Crippen LogP) is 2.93. The van der Waals surface area contributed by atoms with E-state index in [1.54, 1.807) is 24.3 Å². The van der Waals surface area contributed by atoms with Gasteiger partial charge in [0.15, 0.2) is 16.6 Å². The fourth-order valence-electron chi connectivity index (χ4n) is 5.45. The van der Waals surface area contributed by atoms with E-state index < -0.39 is 39.7 Å². The van der Waals surface area contributed by atoms with Crippen molar-refractivity contribution in [3.8, 4) is 0 Å². The van der Waals surface area contributed by atoms with E-state index in [1.165, 1.54) is 17.2 Å². The number of rotatable bonds is 5. The van der Waals surface area contributed by atoms with E-state index in [2.05, 4.69) is 10.3 Å². The fraction of sp³-hybridized carbons (Fsp3) is 0.267. The molecule has 2 aromatic carbocycles. The van der Waals surface area contributed by atoms with Gasteiger partial charge in [0.25, 0.3) is 15.9 Å². The van der Waals surface area contributed by atoms with Crippen LogP contribution in [0.15, 0.2) is 88.4 Å². The third-order valence-electron chi connectivity index (χ3n) is 7.63. The Morgan fingerprint density at radius 3 is 2.49 bits per heavy atom. The number of amides is 2. The third kappa shape index (κ3) is 5.25. The Labute approximate surface area is 237 Å². The van der Waals surface area contributed by atoms with E-state index in [-0.39, 0.29) is 43.3 Å². The van der Waals surface area contributed by atoms with Gasteiger partial charge in [-0.15, -0.1) is 0 Å². The van der Waals surface area contributed by atoms with Crippen LogP contribution >= 0.6 is 0 Å². The summed E-state index contributed by atoms with van der Waals surface area (Å²) < 4.78 is 33.1. The first-order valence-electron chi connectivity index (χ1n) is 13.4. The molecule has 2 atom stereocenters. The van der Waals surface area contributed by atoms with E-state index in [0.29, 0.717) is 12.0 Å². The molecule has 0 saturated carbocycles. The number of carbonyl (C=O) groups is 3. The Morgan fingerprint density at radius 2 is 1.71 bits per heavy atom. The molecule has 0 bridgehead atoms. The van der Waals surface area contributed by atoms with Crippen LogP contribution in [0, 0.1) is 0 Å². The molecule has 2 aromatic heterocycles. The monoisotopic (exact) mass is 572 g/mol. The van der Waals surface area contributed by atoms with Crippen molar-refractivity contribution in [1.82, 2.24) is 19.5 Å². The van der Waals surface area contributed by atoms with Crippen LogP contribution in [0.2, 0.25) is 0 Å². The molecule has 2 amide bonds. The van der Waals surface area contributed by atoms with E-state index >= 15 is 0 Å². The highest BCUT2D eigenvalue weighted by Crippen LogP contribution is 2.28. The van der Waals surface area contributed by atoms with E-state index in [0.717, 1.165) is 20.8 Å². The molecule has 0 radical (unpaired) electrons. The molecule has 2 aliphatic heterocycles. The average Bonchev–Trinajstić information content (AvgIpc) is 3.34. The molecule has 0 aliphatic carbocycles. The molecule has 0 spiro atoms. The van der Waals surface area contributed by atoms with Crippen LogP contribution in [0.5, 0.6) is 0 Å². The standard InChI is InChI=1S/C30H28N4O6S/c35-25-19-33(41(38,39)28-13-5-6-14-31-28)15-7-11-23(25)32-29(36)24-16-20-8-1-2-10-22(20)18-34(24)30(37)27-17-21-9-3-4-12-26(21)40-27/h1-6,8-10,12-14,17,23-24H,7,11,15-16,18-19H2,(H,32,36). The summed E-state index contributed by atoms with van der Waals surface area (Å²) in [6, 6.07) is 19.4. The van der Waals surface area contributed by atoms with Gasteiger partial charge in [-0.3, -0.25) is 14.4 Å². The van der Waals surface area contributed by atoms with Gasteiger partial charge in [0.1, 0.15) is 11.6 Å². The maximum atomic E-state index is 13.7. The number of hydrogen-bond acceptors (Lipinski definition) is 7. The molecule has 11 heteroatoms. The highest BCUT2D eigenvalue weighted by atomic mass is 32.2. The molecule has 4 heterocycles. The zero-order chi connectivity index (χ0) is 28.6. The average molecular weight is 573 g/mol. The number of ketones is 1. The van der Waals surface area contributed by atoms with Crippen molar-refractivity contribution in [1.29, 1.82) is 0 Å². The summed E-state index contributed by atoms with van der Waals surface area (Å²) >= 11 is 0. The predicted molar refractivity (Wildman–Crippen MR) is 149 cm³/mol. The summed E-state index contributed by atoms with van der Waals surface area (Å²) in [5.41, 5.74) is 2.45. The normalized spacial score (nSPS) is 19.9. The number of para-hydroxylation sites is 1. The molecule has 2 unspecified atom stereocenters. The second kappa shape index (κ2) is 10.9. The van der Waals surface area contributed by atoms with Gasteiger partial charge in [-0.2, -0.15) is 4.31 Å². The quantitative estimate of drug-likeness (QED) is 0.389. The number of sulfonamides is 1. The first-order chi connectivity index (χ1) is 19.8. The zero-order valence-electron chi connectivity index (χ0n) is 22.1. The molecular formula is C30H28N4O6S. The number of pyridine rings is 1. The minimum absolute atomic E-state index is 0.129. The lowest BCUT2D eigenvalue weighted by molar-refractivity contribution is -0.130. The number of nitrogens with zero attached hydrogens (tertiary/aromatic N) is 3. The second-order valence-corrected chi connectivity index (χ2v) is 12.1. The molecule has 2 aliphatic rings. The van der Waals surface area contributed by atoms with Crippen molar-refractivity contribution in [3.05, 3.63) is 95.9 Å². The van der Waals surface area contributed by atoms with Gasteiger partial charge in [0, 0.05) is 31.1 Å². The minimum Gasteiger partial charge on any atom is -0.451 e. The maximum Gasteiger partial charge on any atom is 0.290 e. The smallest absolute Gasteiger partial charge is 0.290 e.